The molecule has 0 spiro atoms. The second kappa shape index (κ2) is 8.30. The maximum atomic E-state index is 3.67. The molecular weight excluding hydrogens is 356 g/mol. The summed E-state index contributed by atoms with van der Waals surface area (Å²) in [6, 6.07) is 3.80. The summed E-state index contributed by atoms with van der Waals surface area (Å²) < 4.78 is 0. The van der Waals surface area contributed by atoms with Crippen LogP contribution in [0.5, 0.6) is 0 Å². The minimum absolute atomic E-state index is 0.695. The largest absolute Gasteiger partial charge is 0.275 e. The summed E-state index contributed by atoms with van der Waals surface area (Å²) in [5.74, 6) is 0. The minimum atomic E-state index is 0.695. The van der Waals surface area contributed by atoms with Crippen molar-refractivity contribution in [1.29, 1.82) is 0 Å². The van der Waals surface area contributed by atoms with Crippen LogP contribution in [0, 0.1) is 34.1 Å². The Kier molecular flexibility index (Phi) is 5.72. The van der Waals surface area contributed by atoms with E-state index in [1.807, 2.05) is 0 Å². The molecule has 29 heavy (non-hydrogen) atoms. The van der Waals surface area contributed by atoms with E-state index < -0.39 is 0 Å². The molecule has 5 rings (SSSR count). The summed E-state index contributed by atoms with van der Waals surface area (Å²) in [7, 11) is 0. The normalized spacial score (nSPS) is 29.3. The second-order valence-corrected chi connectivity index (χ2v) is 9.74. The van der Waals surface area contributed by atoms with Crippen LogP contribution in [0.1, 0.15) is 66.3 Å². The van der Waals surface area contributed by atoms with Crippen LogP contribution < -0.4 is 0 Å². The molecule has 4 saturated heterocycles. The van der Waals surface area contributed by atoms with Crippen molar-refractivity contribution in [3.05, 3.63) is 47.2 Å². The topological polar surface area (TPSA) is 13.0 Å². The van der Waals surface area contributed by atoms with Crippen LogP contribution in [0.25, 0.3) is 0 Å². The summed E-state index contributed by atoms with van der Waals surface area (Å²) in [6.07, 6.45) is 8.07. The van der Waals surface area contributed by atoms with Gasteiger partial charge in [-0.3, -0.25) is 19.6 Å². The Bertz CT molecular complexity index is 659. The van der Waals surface area contributed by atoms with Gasteiger partial charge in [0.1, 0.15) is 13.3 Å². The Hall–Kier alpha value is -0.940. The lowest BCUT2D eigenvalue weighted by Gasteiger charge is -2.26. The van der Waals surface area contributed by atoms with Crippen LogP contribution in [0.2, 0.25) is 0 Å². The minimum Gasteiger partial charge on any atom is -0.275 e. The van der Waals surface area contributed by atoms with Crippen molar-refractivity contribution in [3.8, 4) is 0 Å². The molecule has 0 aliphatic carbocycles. The SMILES string of the molecule is Cc1cc(C)c(CN2[C]N3CCCCC3C2)c(C)c1CN1[C]N2CCCCC2C1. The van der Waals surface area contributed by atoms with Crippen LogP contribution in [0.3, 0.4) is 0 Å². The Labute approximate surface area is 177 Å². The molecule has 4 radical (unpaired) electrons. The molecule has 2 unspecified atom stereocenters. The second-order valence-electron chi connectivity index (χ2n) is 9.74. The molecule has 156 valence electrons. The molecule has 4 fully saturated rings. The molecule has 0 bridgehead atoms. The molecule has 4 nitrogen and oxygen atoms in total. The highest BCUT2D eigenvalue weighted by atomic mass is 15.4. The highest BCUT2D eigenvalue weighted by molar-refractivity contribution is 5.45. The standard InChI is InChI=1S/C25H36N4/c1-19-12-20(2)25(16-27-14-23-9-5-7-11-29(23)18-27)21(3)24(19)15-26-13-22-8-4-6-10-28(22)17-26/h12,22-23H,4-11,13-16H2,1-3H3. The zero-order valence-corrected chi connectivity index (χ0v) is 18.5. The number of nitrogens with zero attached hydrogens (tertiary/aromatic N) is 4. The maximum absolute atomic E-state index is 3.67. The molecular formula is C25H36N4. The van der Waals surface area contributed by atoms with E-state index in [4.69, 9.17) is 0 Å². The molecule has 0 aromatic heterocycles. The molecule has 0 amide bonds. The average molecular weight is 393 g/mol. The number of rotatable bonds is 4. The van der Waals surface area contributed by atoms with Crippen LogP contribution in [0.4, 0.5) is 0 Å². The Morgan fingerprint density at radius 2 is 1.24 bits per heavy atom. The lowest BCUT2D eigenvalue weighted by molar-refractivity contribution is 0.229. The van der Waals surface area contributed by atoms with Gasteiger partial charge in [0.15, 0.2) is 0 Å². The van der Waals surface area contributed by atoms with Gasteiger partial charge in [-0.2, -0.15) is 0 Å². The molecule has 2 atom stereocenters. The van der Waals surface area contributed by atoms with Gasteiger partial charge < -0.3 is 0 Å². The van der Waals surface area contributed by atoms with Gasteiger partial charge in [-0.15, -0.1) is 0 Å². The third kappa shape index (κ3) is 4.01. The fourth-order valence-electron chi connectivity index (χ4n) is 5.94. The van der Waals surface area contributed by atoms with Gasteiger partial charge >= 0.3 is 0 Å². The Morgan fingerprint density at radius 3 is 1.69 bits per heavy atom. The van der Waals surface area contributed by atoms with Crippen molar-refractivity contribution in [2.24, 2.45) is 0 Å². The first-order valence-electron chi connectivity index (χ1n) is 11.7. The van der Waals surface area contributed by atoms with E-state index in [0.29, 0.717) is 12.1 Å². The quantitative estimate of drug-likeness (QED) is 0.769. The highest BCUT2D eigenvalue weighted by Gasteiger charge is 2.35. The number of piperidine rings is 2. The molecule has 4 heteroatoms. The number of benzene rings is 1. The summed E-state index contributed by atoms with van der Waals surface area (Å²) in [5.41, 5.74) is 7.37. The van der Waals surface area contributed by atoms with Gasteiger partial charge in [0.2, 0.25) is 0 Å². The predicted molar refractivity (Wildman–Crippen MR) is 117 cm³/mol. The van der Waals surface area contributed by atoms with Gasteiger partial charge in [-0.1, -0.05) is 18.9 Å². The van der Waals surface area contributed by atoms with E-state index in [9.17, 15) is 0 Å². The molecule has 1 aromatic carbocycles. The highest BCUT2D eigenvalue weighted by Crippen LogP contribution is 2.32. The van der Waals surface area contributed by atoms with Crippen LogP contribution >= 0.6 is 0 Å². The average Bonchev–Trinajstić information content (AvgIpc) is 3.31. The first-order valence-corrected chi connectivity index (χ1v) is 11.7. The fraction of sp³-hybridized carbons (Fsp3) is 0.680. The first-order chi connectivity index (χ1) is 14.1. The van der Waals surface area contributed by atoms with Crippen molar-refractivity contribution in [3.63, 3.8) is 0 Å². The smallest absolute Gasteiger partial charge is 0.147 e. The van der Waals surface area contributed by atoms with Gasteiger partial charge in [0, 0.05) is 51.4 Å². The molecule has 0 saturated carbocycles. The van der Waals surface area contributed by atoms with Gasteiger partial charge in [0.25, 0.3) is 0 Å². The molecule has 4 aliphatic heterocycles. The molecule has 4 aliphatic rings. The summed E-state index contributed by atoms with van der Waals surface area (Å²) in [5, 5.41) is 0. The Balaban J connectivity index is 1.31. The number of hydrogen-bond donors (Lipinski definition) is 0. The molecule has 0 N–H and O–H groups in total. The van der Waals surface area contributed by atoms with Crippen molar-refractivity contribution >= 4 is 0 Å². The van der Waals surface area contributed by atoms with Gasteiger partial charge in [-0.05, 0) is 74.3 Å². The van der Waals surface area contributed by atoms with Gasteiger partial charge in [-0.25, -0.2) is 0 Å². The third-order valence-corrected chi connectivity index (χ3v) is 7.64. The number of fused-ring (bicyclic) bond motifs is 2. The lowest BCUT2D eigenvalue weighted by atomic mass is 9.92. The zero-order valence-electron chi connectivity index (χ0n) is 18.5. The van der Waals surface area contributed by atoms with E-state index in [1.54, 1.807) is 0 Å². The summed E-state index contributed by atoms with van der Waals surface area (Å²) >= 11 is 0. The van der Waals surface area contributed by atoms with E-state index in [1.165, 1.54) is 79.4 Å². The van der Waals surface area contributed by atoms with Gasteiger partial charge in [0.05, 0.1) is 0 Å². The molecule has 1 aromatic rings. The maximum Gasteiger partial charge on any atom is 0.147 e. The zero-order chi connectivity index (χ0) is 20.0. The Morgan fingerprint density at radius 1 is 0.759 bits per heavy atom. The number of aryl methyl sites for hydroxylation is 2. The van der Waals surface area contributed by atoms with Crippen molar-refractivity contribution in [1.82, 2.24) is 19.6 Å². The van der Waals surface area contributed by atoms with E-state index in [-0.39, 0.29) is 0 Å². The first kappa shape index (κ1) is 20.0. The summed E-state index contributed by atoms with van der Waals surface area (Å²) in [6.45, 7) is 20.9. The van der Waals surface area contributed by atoms with Crippen molar-refractivity contribution in [2.75, 3.05) is 26.2 Å². The van der Waals surface area contributed by atoms with Crippen molar-refractivity contribution in [2.45, 2.75) is 84.5 Å². The number of hydrogen-bond acceptors (Lipinski definition) is 4. The van der Waals surface area contributed by atoms with E-state index in [0.717, 1.165) is 26.2 Å². The van der Waals surface area contributed by atoms with E-state index >= 15 is 0 Å². The van der Waals surface area contributed by atoms with E-state index in [2.05, 4.69) is 59.8 Å². The van der Waals surface area contributed by atoms with Crippen LogP contribution in [-0.2, 0) is 13.1 Å². The lowest BCUT2D eigenvalue weighted by Crippen LogP contribution is -2.33. The monoisotopic (exact) mass is 392 g/mol. The van der Waals surface area contributed by atoms with Crippen molar-refractivity contribution < 1.29 is 0 Å². The third-order valence-electron chi connectivity index (χ3n) is 7.64. The predicted octanol–water partition coefficient (Wildman–Crippen LogP) is 3.94. The fourth-order valence-corrected chi connectivity index (χ4v) is 5.94. The van der Waals surface area contributed by atoms with Crippen LogP contribution in [-0.4, -0.2) is 57.9 Å². The summed E-state index contributed by atoms with van der Waals surface area (Å²) in [4.78, 5) is 9.82. The van der Waals surface area contributed by atoms with Crippen LogP contribution in [0.15, 0.2) is 6.07 Å². The molecule has 4 heterocycles.